The fourth-order valence-corrected chi connectivity index (χ4v) is 3.74. The number of methoxy groups -OCH3 is 1. The van der Waals surface area contributed by atoms with Gasteiger partial charge in [-0.05, 0) is 50.8 Å². The predicted molar refractivity (Wildman–Crippen MR) is 89.2 cm³/mol. The van der Waals surface area contributed by atoms with Crippen LogP contribution in [0.4, 0.5) is 0 Å². The molecule has 1 saturated heterocycles. The van der Waals surface area contributed by atoms with Crippen molar-refractivity contribution < 1.29 is 4.74 Å². The molecule has 0 aromatic carbocycles. The monoisotopic (exact) mass is 317 g/mol. The van der Waals surface area contributed by atoms with Crippen LogP contribution < -0.4 is 4.74 Å². The molecule has 0 atom stereocenters. The molecule has 4 nitrogen and oxygen atoms in total. The second-order valence-corrected chi connectivity index (χ2v) is 6.83. The Morgan fingerprint density at radius 2 is 2.14 bits per heavy atom. The number of aryl methyl sites for hydroxylation is 1. The van der Waals surface area contributed by atoms with Gasteiger partial charge in [0.25, 0.3) is 0 Å². The van der Waals surface area contributed by atoms with Crippen molar-refractivity contribution in [1.82, 2.24) is 14.9 Å². The molecule has 3 rings (SSSR count). The van der Waals surface area contributed by atoms with Crippen LogP contribution in [0.15, 0.2) is 29.9 Å². The number of hydrogen-bond donors (Lipinski definition) is 0. The van der Waals surface area contributed by atoms with E-state index in [1.54, 1.807) is 24.6 Å². The SMILES string of the molecule is COc1ncccc1CN1CCC(CCc2nccs2)CC1. The smallest absolute Gasteiger partial charge is 0.217 e. The van der Waals surface area contributed by atoms with Crippen LogP contribution in [0.1, 0.15) is 29.8 Å². The van der Waals surface area contributed by atoms with Crippen LogP contribution in [-0.2, 0) is 13.0 Å². The molecule has 0 spiro atoms. The highest BCUT2D eigenvalue weighted by molar-refractivity contribution is 7.09. The predicted octanol–water partition coefficient (Wildman–Crippen LogP) is 3.39. The molecule has 0 N–H and O–H groups in total. The van der Waals surface area contributed by atoms with Crippen LogP contribution >= 0.6 is 11.3 Å². The van der Waals surface area contributed by atoms with Gasteiger partial charge < -0.3 is 4.74 Å². The van der Waals surface area contributed by atoms with Crippen LogP contribution in [-0.4, -0.2) is 35.1 Å². The minimum Gasteiger partial charge on any atom is -0.481 e. The molecule has 0 bridgehead atoms. The van der Waals surface area contributed by atoms with Crippen molar-refractivity contribution in [2.75, 3.05) is 20.2 Å². The van der Waals surface area contributed by atoms with Crippen molar-refractivity contribution in [3.63, 3.8) is 0 Å². The Morgan fingerprint density at radius 3 is 2.86 bits per heavy atom. The first kappa shape index (κ1) is 15.4. The van der Waals surface area contributed by atoms with Crippen molar-refractivity contribution in [1.29, 1.82) is 0 Å². The highest BCUT2D eigenvalue weighted by atomic mass is 32.1. The zero-order valence-electron chi connectivity index (χ0n) is 13.1. The van der Waals surface area contributed by atoms with Crippen LogP contribution in [0.25, 0.3) is 0 Å². The van der Waals surface area contributed by atoms with Crippen molar-refractivity contribution >= 4 is 11.3 Å². The largest absolute Gasteiger partial charge is 0.481 e. The lowest BCUT2D eigenvalue weighted by Crippen LogP contribution is -2.33. The molecule has 1 fully saturated rings. The first-order valence-corrected chi connectivity index (χ1v) is 8.81. The molecular weight excluding hydrogens is 294 g/mol. The fraction of sp³-hybridized carbons (Fsp3) is 0.529. The van der Waals surface area contributed by atoms with Gasteiger partial charge in [-0.1, -0.05) is 6.07 Å². The van der Waals surface area contributed by atoms with Crippen molar-refractivity contribution in [3.05, 3.63) is 40.5 Å². The van der Waals surface area contributed by atoms with E-state index >= 15 is 0 Å². The lowest BCUT2D eigenvalue weighted by atomic mass is 9.92. The Hall–Kier alpha value is -1.46. The molecule has 22 heavy (non-hydrogen) atoms. The minimum absolute atomic E-state index is 0.758. The Labute approximate surface area is 136 Å². The summed E-state index contributed by atoms with van der Waals surface area (Å²) >= 11 is 1.78. The Bertz CT molecular complexity index is 565. The van der Waals surface area contributed by atoms with Crippen molar-refractivity contribution in [3.8, 4) is 5.88 Å². The van der Waals surface area contributed by atoms with Gasteiger partial charge in [0.05, 0.1) is 12.1 Å². The first-order chi connectivity index (χ1) is 10.8. The molecule has 2 aromatic rings. The van der Waals surface area contributed by atoms with E-state index in [1.807, 2.05) is 12.3 Å². The molecule has 2 aromatic heterocycles. The highest BCUT2D eigenvalue weighted by Crippen LogP contribution is 2.25. The molecule has 0 unspecified atom stereocenters. The molecule has 1 aliphatic rings. The average molecular weight is 317 g/mol. The van der Waals surface area contributed by atoms with Crippen LogP contribution in [0.5, 0.6) is 5.88 Å². The maximum Gasteiger partial charge on any atom is 0.217 e. The molecule has 0 amide bonds. The Morgan fingerprint density at radius 1 is 1.27 bits per heavy atom. The van der Waals surface area contributed by atoms with Gasteiger partial charge in [-0.15, -0.1) is 11.3 Å². The number of ether oxygens (including phenoxy) is 1. The van der Waals surface area contributed by atoms with Gasteiger partial charge in [0.1, 0.15) is 0 Å². The van der Waals surface area contributed by atoms with Gasteiger partial charge in [-0.2, -0.15) is 0 Å². The van der Waals surface area contributed by atoms with Crippen LogP contribution in [0.2, 0.25) is 0 Å². The third kappa shape index (κ3) is 4.05. The molecule has 3 heterocycles. The summed E-state index contributed by atoms with van der Waals surface area (Å²) in [4.78, 5) is 11.2. The standard InChI is InChI=1S/C17H23N3OS/c1-21-17-15(3-2-8-19-17)13-20-10-6-14(7-11-20)4-5-16-18-9-12-22-16/h2-3,8-9,12,14H,4-7,10-11,13H2,1H3. The number of pyridine rings is 1. The van der Waals surface area contributed by atoms with Gasteiger partial charge in [0.2, 0.25) is 5.88 Å². The Kier molecular flexibility index (Phi) is 5.40. The molecular formula is C17H23N3OS. The lowest BCUT2D eigenvalue weighted by Gasteiger charge is -2.32. The summed E-state index contributed by atoms with van der Waals surface area (Å²) < 4.78 is 5.34. The molecule has 0 saturated carbocycles. The van der Waals surface area contributed by atoms with E-state index in [4.69, 9.17) is 4.74 Å². The summed E-state index contributed by atoms with van der Waals surface area (Å²) in [7, 11) is 1.69. The van der Waals surface area contributed by atoms with Gasteiger partial charge >= 0.3 is 0 Å². The number of nitrogens with zero attached hydrogens (tertiary/aromatic N) is 3. The zero-order chi connectivity index (χ0) is 15.2. The quantitative estimate of drug-likeness (QED) is 0.818. The number of piperidine rings is 1. The van der Waals surface area contributed by atoms with Crippen molar-refractivity contribution in [2.24, 2.45) is 5.92 Å². The fourth-order valence-electron chi connectivity index (χ4n) is 3.11. The number of aromatic nitrogens is 2. The van der Waals surface area contributed by atoms with Gasteiger partial charge in [-0.3, -0.25) is 4.90 Å². The van der Waals surface area contributed by atoms with Gasteiger partial charge in [0, 0.05) is 29.9 Å². The first-order valence-electron chi connectivity index (χ1n) is 7.94. The van der Waals surface area contributed by atoms with E-state index in [2.05, 4.69) is 26.3 Å². The van der Waals surface area contributed by atoms with E-state index in [-0.39, 0.29) is 0 Å². The maximum absolute atomic E-state index is 5.34. The summed E-state index contributed by atoms with van der Waals surface area (Å²) in [6, 6.07) is 4.10. The zero-order valence-corrected chi connectivity index (χ0v) is 13.9. The topological polar surface area (TPSA) is 38.2 Å². The number of hydrogen-bond acceptors (Lipinski definition) is 5. The molecule has 118 valence electrons. The van der Waals surface area contributed by atoms with E-state index in [0.717, 1.165) is 24.8 Å². The molecule has 0 aliphatic carbocycles. The summed E-state index contributed by atoms with van der Waals surface area (Å²) in [5, 5.41) is 3.35. The third-order valence-electron chi connectivity index (χ3n) is 4.39. The van der Waals surface area contributed by atoms with E-state index in [0.29, 0.717) is 0 Å². The number of thiazole rings is 1. The third-order valence-corrected chi connectivity index (χ3v) is 5.23. The Balaban J connectivity index is 1.45. The van der Waals surface area contributed by atoms with Crippen molar-refractivity contribution in [2.45, 2.75) is 32.2 Å². The average Bonchev–Trinajstić information content (AvgIpc) is 3.08. The normalized spacial score (nSPS) is 16.8. The van der Waals surface area contributed by atoms with Crippen LogP contribution in [0, 0.1) is 5.92 Å². The van der Waals surface area contributed by atoms with E-state index in [1.165, 1.54) is 42.9 Å². The van der Waals surface area contributed by atoms with Gasteiger partial charge in [0.15, 0.2) is 0 Å². The molecule has 5 heteroatoms. The highest BCUT2D eigenvalue weighted by Gasteiger charge is 2.20. The molecule has 0 radical (unpaired) electrons. The van der Waals surface area contributed by atoms with Crippen LogP contribution in [0.3, 0.4) is 0 Å². The molecule has 1 aliphatic heterocycles. The summed E-state index contributed by atoms with van der Waals surface area (Å²) in [6.45, 7) is 3.28. The second kappa shape index (κ2) is 7.70. The number of likely N-dealkylation sites (tertiary alicyclic amines) is 1. The van der Waals surface area contributed by atoms with E-state index in [9.17, 15) is 0 Å². The second-order valence-electron chi connectivity index (χ2n) is 5.86. The summed E-state index contributed by atoms with van der Waals surface area (Å²) in [6.07, 6.45) is 8.68. The maximum atomic E-state index is 5.34. The summed E-state index contributed by atoms with van der Waals surface area (Å²) in [5.41, 5.74) is 1.19. The van der Waals surface area contributed by atoms with Gasteiger partial charge in [-0.25, -0.2) is 9.97 Å². The lowest BCUT2D eigenvalue weighted by molar-refractivity contribution is 0.170. The number of rotatable bonds is 6. The minimum atomic E-state index is 0.758. The van der Waals surface area contributed by atoms with E-state index < -0.39 is 0 Å². The summed E-state index contributed by atoms with van der Waals surface area (Å²) in [5.74, 6) is 1.60.